The van der Waals surface area contributed by atoms with Crippen LogP contribution in [-0.4, -0.2) is 6.54 Å². The lowest BCUT2D eigenvalue weighted by Gasteiger charge is -2.27. The lowest BCUT2D eigenvalue weighted by atomic mass is 9.78. The van der Waals surface area contributed by atoms with E-state index in [1.165, 1.54) is 12.0 Å². The van der Waals surface area contributed by atoms with Gasteiger partial charge in [-0.1, -0.05) is 51.1 Å². The molecule has 1 aromatic carbocycles. The van der Waals surface area contributed by atoms with E-state index in [1.54, 1.807) is 0 Å². The van der Waals surface area contributed by atoms with Crippen molar-refractivity contribution in [2.45, 2.75) is 32.6 Å². The van der Waals surface area contributed by atoms with Crippen LogP contribution in [0.15, 0.2) is 30.3 Å². The highest BCUT2D eigenvalue weighted by molar-refractivity contribution is 5.38. The number of benzene rings is 1. The molecule has 1 aliphatic carbocycles. The van der Waals surface area contributed by atoms with E-state index in [0.717, 1.165) is 6.54 Å². The molecule has 0 amide bonds. The van der Waals surface area contributed by atoms with Crippen LogP contribution in [0.1, 0.15) is 32.8 Å². The molecule has 1 nitrogen and oxygen atoms in total. The summed E-state index contributed by atoms with van der Waals surface area (Å²) in [6.45, 7) is 7.76. The topological polar surface area (TPSA) is 26.0 Å². The Bertz CT molecular complexity index is 342. The summed E-state index contributed by atoms with van der Waals surface area (Å²) >= 11 is 0. The molecule has 1 heteroatoms. The highest BCUT2D eigenvalue weighted by Crippen LogP contribution is 2.67. The second-order valence-electron chi connectivity index (χ2n) is 5.53. The molecular formula is C14H21N. The van der Waals surface area contributed by atoms with Gasteiger partial charge in [-0.15, -0.1) is 0 Å². The van der Waals surface area contributed by atoms with Crippen molar-refractivity contribution in [2.24, 2.45) is 17.1 Å². The molecule has 0 spiro atoms. The van der Waals surface area contributed by atoms with Crippen molar-refractivity contribution in [3.05, 3.63) is 35.9 Å². The van der Waals surface area contributed by atoms with E-state index in [9.17, 15) is 0 Å². The Morgan fingerprint density at radius 3 is 2.20 bits per heavy atom. The molecule has 0 bridgehead atoms. The van der Waals surface area contributed by atoms with Crippen LogP contribution in [0.25, 0.3) is 0 Å². The van der Waals surface area contributed by atoms with Gasteiger partial charge in [-0.2, -0.15) is 0 Å². The number of nitrogens with two attached hydrogens (primary N) is 1. The molecule has 0 radical (unpaired) electrons. The third kappa shape index (κ3) is 1.41. The zero-order valence-corrected chi connectivity index (χ0v) is 9.96. The van der Waals surface area contributed by atoms with E-state index < -0.39 is 0 Å². The molecule has 1 saturated carbocycles. The Labute approximate surface area is 92.7 Å². The third-order valence-electron chi connectivity index (χ3n) is 4.29. The fourth-order valence-corrected chi connectivity index (χ4v) is 3.21. The summed E-state index contributed by atoms with van der Waals surface area (Å²) in [6, 6.07) is 10.9. The molecule has 1 aliphatic rings. The Kier molecular flexibility index (Phi) is 2.38. The maximum Gasteiger partial charge on any atom is 0.00474 e. The second-order valence-corrected chi connectivity index (χ2v) is 5.53. The molecule has 2 unspecified atom stereocenters. The molecule has 2 atom stereocenters. The summed E-state index contributed by atoms with van der Waals surface area (Å²) in [6.07, 6.45) is 1.27. The average Bonchev–Trinajstić information content (AvgIpc) is 2.83. The Morgan fingerprint density at radius 1 is 1.27 bits per heavy atom. The van der Waals surface area contributed by atoms with Crippen molar-refractivity contribution >= 4 is 0 Å². The Hall–Kier alpha value is -0.820. The first-order chi connectivity index (χ1) is 7.04. The zero-order valence-electron chi connectivity index (χ0n) is 9.96. The van der Waals surface area contributed by atoms with E-state index in [-0.39, 0.29) is 0 Å². The monoisotopic (exact) mass is 203 g/mol. The average molecular weight is 203 g/mol. The first-order valence-corrected chi connectivity index (χ1v) is 5.80. The quantitative estimate of drug-likeness (QED) is 0.803. The Balaban J connectivity index is 2.39. The van der Waals surface area contributed by atoms with Gasteiger partial charge in [0.05, 0.1) is 0 Å². The van der Waals surface area contributed by atoms with Crippen LogP contribution >= 0.6 is 0 Å². The van der Waals surface area contributed by atoms with Gasteiger partial charge in [0.15, 0.2) is 0 Å². The predicted molar refractivity (Wildman–Crippen MR) is 64.7 cm³/mol. The summed E-state index contributed by atoms with van der Waals surface area (Å²) in [5, 5.41) is 0. The number of hydrogen-bond acceptors (Lipinski definition) is 1. The van der Waals surface area contributed by atoms with E-state index in [4.69, 9.17) is 5.73 Å². The van der Waals surface area contributed by atoms with Gasteiger partial charge in [-0.05, 0) is 29.9 Å². The summed E-state index contributed by atoms with van der Waals surface area (Å²) < 4.78 is 0. The maximum atomic E-state index is 5.86. The van der Waals surface area contributed by atoms with E-state index in [2.05, 4.69) is 51.1 Å². The zero-order chi connectivity index (χ0) is 11.1. The van der Waals surface area contributed by atoms with Crippen LogP contribution in [0.4, 0.5) is 0 Å². The van der Waals surface area contributed by atoms with Gasteiger partial charge in [-0.25, -0.2) is 0 Å². The highest BCUT2D eigenvalue weighted by Gasteiger charge is 2.63. The van der Waals surface area contributed by atoms with Gasteiger partial charge >= 0.3 is 0 Å². The summed E-state index contributed by atoms with van der Waals surface area (Å²) in [7, 11) is 0. The molecule has 2 rings (SSSR count). The van der Waals surface area contributed by atoms with Crippen molar-refractivity contribution in [1.82, 2.24) is 0 Å². The van der Waals surface area contributed by atoms with Crippen molar-refractivity contribution in [1.29, 1.82) is 0 Å². The highest BCUT2D eigenvalue weighted by atomic mass is 14.7. The summed E-state index contributed by atoms with van der Waals surface area (Å²) in [5.74, 6) is 0.565. The minimum absolute atomic E-state index is 0.322. The first kappa shape index (κ1) is 10.7. The fraction of sp³-hybridized carbons (Fsp3) is 0.571. The first-order valence-electron chi connectivity index (χ1n) is 5.80. The van der Waals surface area contributed by atoms with Gasteiger partial charge in [-0.3, -0.25) is 0 Å². The van der Waals surface area contributed by atoms with Crippen molar-refractivity contribution in [2.75, 3.05) is 6.54 Å². The molecule has 0 heterocycles. The number of hydrogen-bond donors (Lipinski definition) is 1. The maximum absolute atomic E-state index is 5.86. The normalized spacial score (nSPS) is 29.9. The molecular weight excluding hydrogens is 182 g/mol. The SMILES string of the molecule is CC(CN)C1(c2ccccc2)CC1(C)C. The van der Waals surface area contributed by atoms with Crippen molar-refractivity contribution in [3.8, 4) is 0 Å². The molecule has 0 aliphatic heterocycles. The van der Waals surface area contributed by atoms with Crippen LogP contribution in [0.5, 0.6) is 0 Å². The van der Waals surface area contributed by atoms with Crippen molar-refractivity contribution in [3.63, 3.8) is 0 Å². The van der Waals surface area contributed by atoms with Gasteiger partial charge in [0.25, 0.3) is 0 Å². The van der Waals surface area contributed by atoms with Crippen LogP contribution in [-0.2, 0) is 5.41 Å². The molecule has 2 N–H and O–H groups in total. The van der Waals surface area contributed by atoms with Crippen LogP contribution in [0.2, 0.25) is 0 Å². The van der Waals surface area contributed by atoms with Crippen LogP contribution < -0.4 is 5.73 Å². The molecule has 1 fully saturated rings. The molecule has 15 heavy (non-hydrogen) atoms. The lowest BCUT2D eigenvalue weighted by Crippen LogP contribution is -2.29. The number of rotatable bonds is 3. The van der Waals surface area contributed by atoms with Gasteiger partial charge < -0.3 is 5.73 Å². The van der Waals surface area contributed by atoms with Crippen molar-refractivity contribution < 1.29 is 0 Å². The second kappa shape index (κ2) is 3.34. The molecule has 0 aromatic heterocycles. The van der Waals surface area contributed by atoms with Crippen LogP contribution in [0.3, 0.4) is 0 Å². The van der Waals surface area contributed by atoms with Gasteiger partial charge in [0.1, 0.15) is 0 Å². The third-order valence-corrected chi connectivity index (χ3v) is 4.29. The Morgan fingerprint density at radius 2 is 1.80 bits per heavy atom. The predicted octanol–water partition coefficient (Wildman–Crippen LogP) is 2.95. The van der Waals surface area contributed by atoms with Gasteiger partial charge in [0, 0.05) is 5.41 Å². The minimum Gasteiger partial charge on any atom is -0.330 e. The standard InChI is InChI=1S/C14H21N/c1-11(9-15)14(10-13(14,2)3)12-7-5-4-6-8-12/h4-8,11H,9-10,15H2,1-3H3. The molecule has 1 aromatic rings. The van der Waals surface area contributed by atoms with E-state index in [0.29, 0.717) is 16.7 Å². The fourth-order valence-electron chi connectivity index (χ4n) is 3.21. The summed E-state index contributed by atoms with van der Waals surface area (Å²) in [5.41, 5.74) is 8.05. The lowest BCUT2D eigenvalue weighted by molar-refractivity contribution is 0.366. The van der Waals surface area contributed by atoms with E-state index in [1.807, 2.05) is 0 Å². The largest absolute Gasteiger partial charge is 0.330 e. The van der Waals surface area contributed by atoms with Crippen LogP contribution in [0, 0.1) is 11.3 Å². The minimum atomic E-state index is 0.322. The molecule has 0 saturated heterocycles. The summed E-state index contributed by atoms with van der Waals surface area (Å²) in [4.78, 5) is 0. The van der Waals surface area contributed by atoms with Gasteiger partial charge in [0.2, 0.25) is 0 Å². The molecule has 82 valence electrons. The smallest absolute Gasteiger partial charge is 0.00474 e. The van der Waals surface area contributed by atoms with E-state index >= 15 is 0 Å².